The van der Waals surface area contributed by atoms with Crippen molar-refractivity contribution in [2.24, 2.45) is 0 Å². The Kier molecular flexibility index (Phi) is 6.11. The summed E-state index contributed by atoms with van der Waals surface area (Å²) in [4.78, 5) is 28.0. The van der Waals surface area contributed by atoms with Crippen LogP contribution in [-0.2, 0) is 4.79 Å². The second kappa shape index (κ2) is 8.29. The molecule has 1 aromatic heterocycles. The molecule has 0 fully saturated rings. The first-order valence-electron chi connectivity index (χ1n) is 7.30. The number of carbonyl (C=O) groups excluding carboxylic acids is 2. The van der Waals surface area contributed by atoms with Crippen molar-refractivity contribution in [2.75, 3.05) is 6.54 Å². The lowest BCUT2D eigenvalue weighted by molar-refractivity contribution is -0.121. The van der Waals surface area contributed by atoms with Crippen molar-refractivity contribution >= 4 is 23.4 Å². The van der Waals surface area contributed by atoms with Crippen molar-refractivity contribution in [3.63, 3.8) is 0 Å². The maximum Gasteiger partial charge on any atom is 0.251 e. The van der Waals surface area contributed by atoms with Gasteiger partial charge in [0.1, 0.15) is 0 Å². The Bertz CT molecular complexity index is 659. The van der Waals surface area contributed by atoms with Crippen LogP contribution in [0.4, 0.5) is 0 Å². The topological polar surface area (TPSA) is 71.1 Å². The number of nitrogens with one attached hydrogen (secondary N) is 2. The summed E-state index contributed by atoms with van der Waals surface area (Å²) in [6, 6.07) is 12.0. The molecule has 23 heavy (non-hydrogen) atoms. The summed E-state index contributed by atoms with van der Waals surface area (Å²) in [7, 11) is 0. The highest BCUT2D eigenvalue weighted by atomic mass is 35.5. The van der Waals surface area contributed by atoms with Gasteiger partial charge in [-0.1, -0.05) is 17.7 Å². The van der Waals surface area contributed by atoms with E-state index in [0.29, 0.717) is 10.6 Å². The van der Waals surface area contributed by atoms with Gasteiger partial charge in [-0.15, -0.1) is 0 Å². The van der Waals surface area contributed by atoms with E-state index in [1.165, 1.54) is 0 Å². The van der Waals surface area contributed by atoms with E-state index in [-0.39, 0.29) is 30.8 Å². The van der Waals surface area contributed by atoms with Crippen LogP contribution in [0.5, 0.6) is 0 Å². The Morgan fingerprint density at radius 1 is 1.17 bits per heavy atom. The van der Waals surface area contributed by atoms with E-state index in [1.54, 1.807) is 30.5 Å². The highest BCUT2D eigenvalue weighted by Crippen LogP contribution is 2.09. The van der Waals surface area contributed by atoms with Crippen molar-refractivity contribution in [1.29, 1.82) is 0 Å². The van der Waals surface area contributed by atoms with Gasteiger partial charge >= 0.3 is 0 Å². The van der Waals surface area contributed by atoms with E-state index in [9.17, 15) is 9.59 Å². The number of nitrogens with zero attached hydrogens (tertiary/aromatic N) is 1. The second-order valence-electron chi connectivity index (χ2n) is 5.06. The first-order chi connectivity index (χ1) is 11.1. The Balaban J connectivity index is 1.74. The molecule has 1 aromatic carbocycles. The molecule has 2 rings (SSSR count). The van der Waals surface area contributed by atoms with Crippen molar-refractivity contribution in [3.05, 3.63) is 64.9 Å². The number of aromatic nitrogens is 1. The SMILES string of the molecule is C[C@@H](NC(=O)CCNC(=O)c1ccc(Cl)cc1)c1ccccn1. The molecule has 0 spiro atoms. The fourth-order valence-electron chi connectivity index (χ4n) is 2.01. The van der Waals surface area contributed by atoms with E-state index in [4.69, 9.17) is 11.6 Å². The standard InChI is InChI=1S/C17H18ClN3O2/c1-12(15-4-2-3-10-19-15)21-16(22)9-11-20-17(23)13-5-7-14(18)8-6-13/h2-8,10,12H,9,11H2,1H3,(H,20,23)(H,21,22)/t12-/m1/s1. The van der Waals surface area contributed by atoms with Crippen LogP contribution in [0, 0.1) is 0 Å². The monoisotopic (exact) mass is 331 g/mol. The molecule has 0 saturated heterocycles. The summed E-state index contributed by atoms with van der Waals surface area (Å²) in [5, 5.41) is 6.12. The van der Waals surface area contributed by atoms with Gasteiger partial charge in [-0.05, 0) is 43.3 Å². The van der Waals surface area contributed by atoms with Crippen molar-refractivity contribution in [3.8, 4) is 0 Å². The molecule has 0 aliphatic carbocycles. The van der Waals surface area contributed by atoms with Gasteiger partial charge in [-0.25, -0.2) is 0 Å². The van der Waals surface area contributed by atoms with Crippen LogP contribution in [0.3, 0.4) is 0 Å². The van der Waals surface area contributed by atoms with Gasteiger partial charge in [0, 0.05) is 29.7 Å². The average molecular weight is 332 g/mol. The molecule has 2 N–H and O–H groups in total. The van der Waals surface area contributed by atoms with Crippen LogP contribution < -0.4 is 10.6 Å². The van der Waals surface area contributed by atoms with E-state index in [0.717, 1.165) is 5.69 Å². The lowest BCUT2D eigenvalue weighted by Gasteiger charge is -2.13. The van der Waals surface area contributed by atoms with Gasteiger partial charge in [-0.3, -0.25) is 14.6 Å². The van der Waals surface area contributed by atoms with Crippen LogP contribution in [0.25, 0.3) is 0 Å². The summed E-state index contributed by atoms with van der Waals surface area (Å²) in [6.07, 6.45) is 1.89. The average Bonchev–Trinajstić information content (AvgIpc) is 2.56. The maximum absolute atomic E-state index is 11.9. The molecule has 0 unspecified atom stereocenters. The fourth-order valence-corrected chi connectivity index (χ4v) is 2.14. The van der Waals surface area contributed by atoms with E-state index < -0.39 is 0 Å². The second-order valence-corrected chi connectivity index (χ2v) is 5.49. The number of hydrogen-bond acceptors (Lipinski definition) is 3. The molecule has 2 amide bonds. The minimum absolute atomic E-state index is 0.139. The normalized spacial score (nSPS) is 11.6. The number of benzene rings is 1. The number of carbonyl (C=O) groups is 2. The molecule has 120 valence electrons. The zero-order valence-electron chi connectivity index (χ0n) is 12.8. The first kappa shape index (κ1) is 17.0. The Morgan fingerprint density at radius 2 is 1.91 bits per heavy atom. The van der Waals surface area contributed by atoms with Gasteiger partial charge in [0.05, 0.1) is 11.7 Å². The van der Waals surface area contributed by atoms with Crippen molar-refractivity contribution < 1.29 is 9.59 Å². The number of pyridine rings is 1. The van der Waals surface area contributed by atoms with Crippen LogP contribution in [0.15, 0.2) is 48.7 Å². The van der Waals surface area contributed by atoms with Crippen LogP contribution >= 0.6 is 11.6 Å². The van der Waals surface area contributed by atoms with Crippen molar-refractivity contribution in [2.45, 2.75) is 19.4 Å². The summed E-state index contributed by atoms with van der Waals surface area (Å²) < 4.78 is 0. The molecular weight excluding hydrogens is 314 g/mol. The van der Waals surface area contributed by atoms with E-state index in [1.807, 2.05) is 25.1 Å². The molecule has 5 nitrogen and oxygen atoms in total. The Morgan fingerprint density at radius 3 is 2.57 bits per heavy atom. The smallest absolute Gasteiger partial charge is 0.251 e. The molecule has 1 atom stereocenters. The molecule has 0 saturated carbocycles. The highest BCUT2D eigenvalue weighted by molar-refractivity contribution is 6.30. The number of rotatable bonds is 6. The summed E-state index contributed by atoms with van der Waals surface area (Å²) in [6.45, 7) is 2.13. The van der Waals surface area contributed by atoms with Gasteiger partial charge in [0.15, 0.2) is 0 Å². The summed E-state index contributed by atoms with van der Waals surface area (Å²) >= 11 is 5.77. The Hall–Kier alpha value is -2.40. The molecule has 1 heterocycles. The largest absolute Gasteiger partial charge is 0.352 e. The third kappa shape index (κ3) is 5.38. The van der Waals surface area contributed by atoms with Crippen LogP contribution in [0.1, 0.15) is 35.4 Å². The minimum atomic E-state index is -0.229. The summed E-state index contributed by atoms with van der Waals surface area (Å²) in [5.41, 5.74) is 1.31. The molecule has 6 heteroatoms. The van der Waals surface area contributed by atoms with Gasteiger partial charge in [0.2, 0.25) is 5.91 Å². The molecule has 0 bridgehead atoms. The lowest BCUT2D eigenvalue weighted by Crippen LogP contribution is -2.32. The quantitative estimate of drug-likeness (QED) is 0.855. The molecule has 0 radical (unpaired) electrons. The number of halogens is 1. The van der Waals surface area contributed by atoms with Gasteiger partial charge in [0.25, 0.3) is 5.91 Å². The van der Waals surface area contributed by atoms with Crippen LogP contribution in [0.2, 0.25) is 5.02 Å². The lowest BCUT2D eigenvalue weighted by atomic mass is 10.2. The van der Waals surface area contributed by atoms with E-state index >= 15 is 0 Å². The van der Waals surface area contributed by atoms with Gasteiger partial charge < -0.3 is 10.6 Å². The minimum Gasteiger partial charge on any atom is -0.352 e. The predicted molar refractivity (Wildman–Crippen MR) is 89.2 cm³/mol. The third-order valence-electron chi connectivity index (χ3n) is 3.25. The zero-order chi connectivity index (χ0) is 16.7. The maximum atomic E-state index is 11.9. The molecular formula is C17H18ClN3O2. The van der Waals surface area contributed by atoms with Crippen molar-refractivity contribution in [1.82, 2.24) is 15.6 Å². The third-order valence-corrected chi connectivity index (χ3v) is 3.50. The summed E-state index contributed by atoms with van der Waals surface area (Å²) in [5.74, 6) is -0.369. The first-order valence-corrected chi connectivity index (χ1v) is 7.68. The fraction of sp³-hybridized carbons (Fsp3) is 0.235. The predicted octanol–water partition coefficient (Wildman–Crippen LogP) is 2.73. The molecule has 0 aliphatic heterocycles. The number of amides is 2. The van der Waals surface area contributed by atoms with E-state index in [2.05, 4.69) is 15.6 Å². The molecule has 2 aromatic rings. The van der Waals surface area contributed by atoms with Gasteiger partial charge in [-0.2, -0.15) is 0 Å². The Labute approximate surface area is 140 Å². The number of hydrogen-bond donors (Lipinski definition) is 2. The highest BCUT2D eigenvalue weighted by Gasteiger charge is 2.11. The van der Waals surface area contributed by atoms with Crippen LogP contribution in [-0.4, -0.2) is 23.3 Å². The molecule has 0 aliphatic rings. The zero-order valence-corrected chi connectivity index (χ0v) is 13.5.